The van der Waals surface area contributed by atoms with Gasteiger partial charge in [0.25, 0.3) is 0 Å². The first-order valence-corrected chi connectivity index (χ1v) is 8.22. The molecule has 116 valence electrons. The van der Waals surface area contributed by atoms with Crippen molar-refractivity contribution in [1.82, 2.24) is 9.80 Å². The molecule has 1 aliphatic rings. The number of nitrogens with zero attached hydrogens (tertiary/aromatic N) is 2. The van der Waals surface area contributed by atoms with Gasteiger partial charge < -0.3 is 9.64 Å². The Morgan fingerprint density at radius 1 is 1.24 bits per heavy atom. The smallest absolute Gasteiger partial charge is 0.227 e. The highest BCUT2D eigenvalue weighted by Gasteiger charge is 2.21. The molecule has 1 heterocycles. The highest BCUT2D eigenvalue weighted by atomic mass is 79.9. The second kappa shape index (κ2) is 8.51. The van der Waals surface area contributed by atoms with Crippen LogP contribution in [-0.4, -0.2) is 62.1 Å². The Balaban J connectivity index is 1.77. The van der Waals surface area contributed by atoms with E-state index in [0.29, 0.717) is 6.42 Å². The van der Waals surface area contributed by atoms with E-state index in [1.807, 2.05) is 29.2 Å². The van der Waals surface area contributed by atoms with Crippen molar-refractivity contribution < 1.29 is 9.53 Å². The van der Waals surface area contributed by atoms with Crippen molar-refractivity contribution in [2.24, 2.45) is 0 Å². The van der Waals surface area contributed by atoms with Crippen LogP contribution in [0.4, 0.5) is 0 Å². The lowest BCUT2D eigenvalue weighted by Crippen LogP contribution is -2.49. The lowest BCUT2D eigenvalue weighted by molar-refractivity contribution is -0.132. The zero-order chi connectivity index (χ0) is 15.1. The number of benzene rings is 1. The summed E-state index contributed by atoms with van der Waals surface area (Å²) in [6.45, 7) is 5.45. The number of carbonyl (C=O) groups excluding carboxylic acids is 1. The molecule has 0 N–H and O–H groups in total. The number of hydrogen-bond acceptors (Lipinski definition) is 3. The molecule has 0 atom stereocenters. The van der Waals surface area contributed by atoms with Gasteiger partial charge in [-0.05, 0) is 18.1 Å². The van der Waals surface area contributed by atoms with Crippen LogP contribution in [0.1, 0.15) is 12.0 Å². The molecule has 0 aliphatic carbocycles. The van der Waals surface area contributed by atoms with Crippen LogP contribution in [0.15, 0.2) is 28.7 Å². The summed E-state index contributed by atoms with van der Waals surface area (Å²) in [5, 5.41) is 0. The highest BCUT2D eigenvalue weighted by molar-refractivity contribution is 9.10. The number of amides is 1. The first-order valence-electron chi connectivity index (χ1n) is 7.43. The first-order chi connectivity index (χ1) is 10.2. The standard InChI is InChI=1S/C16H23BrN2O2/c1-21-12-4-7-18-8-10-19(11-9-18)16(20)13-14-5-2-3-6-15(14)17/h2-3,5-6H,4,7-13H2,1H3. The average molecular weight is 355 g/mol. The number of carbonyl (C=O) groups is 1. The molecule has 1 aromatic rings. The zero-order valence-electron chi connectivity index (χ0n) is 12.6. The van der Waals surface area contributed by atoms with E-state index in [-0.39, 0.29) is 5.91 Å². The minimum absolute atomic E-state index is 0.221. The van der Waals surface area contributed by atoms with Gasteiger partial charge >= 0.3 is 0 Å². The van der Waals surface area contributed by atoms with Gasteiger partial charge in [0.05, 0.1) is 6.42 Å². The minimum Gasteiger partial charge on any atom is -0.385 e. The van der Waals surface area contributed by atoms with Crippen LogP contribution in [0, 0.1) is 0 Å². The number of rotatable bonds is 6. The van der Waals surface area contributed by atoms with Crippen LogP contribution < -0.4 is 0 Å². The van der Waals surface area contributed by atoms with E-state index >= 15 is 0 Å². The summed E-state index contributed by atoms with van der Waals surface area (Å²) in [6, 6.07) is 7.93. The van der Waals surface area contributed by atoms with Crippen LogP contribution in [0.3, 0.4) is 0 Å². The van der Waals surface area contributed by atoms with Crippen molar-refractivity contribution in [2.75, 3.05) is 46.4 Å². The second-order valence-corrected chi connectivity index (χ2v) is 6.19. The van der Waals surface area contributed by atoms with Gasteiger partial charge in [-0.25, -0.2) is 0 Å². The summed E-state index contributed by atoms with van der Waals surface area (Å²) >= 11 is 3.50. The third kappa shape index (κ3) is 5.09. The lowest BCUT2D eigenvalue weighted by atomic mass is 10.1. The van der Waals surface area contributed by atoms with Crippen molar-refractivity contribution in [1.29, 1.82) is 0 Å². The van der Waals surface area contributed by atoms with E-state index in [0.717, 1.165) is 55.8 Å². The molecule has 1 saturated heterocycles. The number of piperazine rings is 1. The summed E-state index contributed by atoms with van der Waals surface area (Å²) in [5.74, 6) is 0.221. The fraction of sp³-hybridized carbons (Fsp3) is 0.562. The minimum atomic E-state index is 0.221. The predicted octanol–water partition coefficient (Wildman–Crippen LogP) is 2.17. The van der Waals surface area contributed by atoms with Gasteiger partial charge in [-0.15, -0.1) is 0 Å². The van der Waals surface area contributed by atoms with E-state index < -0.39 is 0 Å². The summed E-state index contributed by atoms with van der Waals surface area (Å²) in [5.41, 5.74) is 1.06. The van der Waals surface area contributed by atoms with Crippen LogP contribution in [0.2, 0.25) is 0 Å². The lowest BCUT2D eigenvalue weighted by Gasteiger charge is -2.34. The zero-order valence-corrected chi connectivity index (χ0v) is 14.1. The van der Waals surface area contributed by atoms with Crippen LogP contribution in [0.25, 0.3) is 0 Å². The van der Waals surface area contributed by atoms with Gasteiger partial charge in [-0.3, -0.25) is 9.69 Å². The van der Waals surface area contributed by atoms with Crippen molar-refractivity contribution >= 4 is 21.8 Å². The Kier molecular flexibility index (Phi) is 6.67. The van der Waals surface area contributed by atoms with Crippen LogP contribution in [0.5, 0.6) is 0 Å². The Hall–Kier alpha value is -0.910. The number of hydrogen-bond donors (Lipinski definition) is 0. The molecule has 1 aromatic carbocycles. The molecule has 0 spiro atoms. The van der Waals surface area contributed by atoms with E-state index in [1.165, 1.54) is 0 Å². The van der Waals surface area contributed by atoms with Crippen LogP contribution in [-0.2, 0) is 16.0 Å². The molecule has 5 heteroatoms. The Morgan fingerprint density at radius 2 is 1.95 bits per heavy atom. The van der Waals surface area contributed by atoms with Crippen molar-refractivity contribution in [3.05, 3.63) is 34.3 Å². The van der Waals surface area contributed by atoms with E-state index in [1.54, 1.807) is 7.11 Å². The Bertz CT molecular complexity index is 459. The van der Waals surface area contributed by atoms with Gasteiger partial charge in [0.15, 0.2) is 0 Å². The van der Waals surface area contributed by atoms with Gasteiger partial charge in [-0.2, -0.15) is 0 Å². The predicted molar refractivity (Wildman–Crippen MR) is 87.4 cm³/mol. The molecule has 1 aliphatic heterocycles. The molecule has 2 rings (SSSR count). The molecule has 0 radical (unpaired) electrons. The molecule has 0 unspecified atom stereocenters. The highest BCUT2D eigenvalue weighted by Crippen LogP contribution is 2.17. The summed E-state index contributed by atoms with van der Waals surface area (Å²) < 4.78 is 6.08. The molecule has 21 heavy (non-hydrogen) atoms. The number of ether oxygens (including phenoxy) is 1. The maximum Gasteiger partial charge on any atom is 0.227 e. The van der Waals surface area contributed by atoms with E-state index in [2.05, 4.69) is 20.8 Å². The molecule has 0 saturated carbocycles. The third-order valence-corrected chi connectivity index (χ3v) is 4.62. The molecule has 1 fully saturated rings. The fourth-order valence-electron chi connectivity index (χ4n) is 2.57. The summed E-state index contributed by atoms with van der Waals surface area (Å²) in [7, 11) is 1.73. The maximum atomic E-state index is 12.4. The van der Waals surface area contributed by atoms with Crippen molar-refractivity contribution in [2.45, 2.75) is 12.8 Å². The van der Waals surface area contributed by atoms with E-state index in [4.69, 9.17) is 4.74 Å². The van der Waals surface area contributed by atoms with Crippen molar-refractivity contribution in [3.8, 4) is 0 Å². The van der Waals surface area contributed by atoms with Crippen LogP contribution >= 0.6 is 15.9 Å². The van der Waals surface area contributed by atoms with Gasteiger partial charge in [0.2, 0.25) is 5.91 Å². The summed E-state index contributed by atoms with van der Waals surface area (Å²) in [4.78, 5) is 16.7. The summed E-state index contributed by atoms with van der Waals surface area (Å²) in [6.07, 6.45) is 1.53. The maximum absolute atomic E-state index is 12.4. The van der Waals surface area contributed by atoms with Crippen molar-refractivity contribution in [3.63, 3.8) is 0 Å². The molecular weight excluding hydrogens is 332 g/mol. The molecule has 0 bridgehead atoms. The Labute approximate surface area is 135 Å². The monoisotopic (exact) mass is 354 g/mol. The fourth-order valence-corrected chi connectivity index (χ4v) is 2.99. The van der Waals surface area contributed by atoms with Gasteiger partial charge in [0, 0.05) is 50.9 Å². The molecule has 0 aromatic heterocycles. The normalized spacial score (nSPS) is 16.2. The largest absolute Gasteiger partial charge is 0.385 e. The second-order valence-electron chi connectivity index (χ2n) is 5.34. The number of halogens is 1. The topological polar surface area (TPSA) is 32.8 Å². The number of methoxy groups -OCH3 is 1. The third-order valence-electron chi connectivity index (χ3n) is 3.85. The SMILES string of the molecule is COCCCN1CCN(C(=O)Cc2ccccc2Br)CC1. The first kappa shape index (κ1) is 16.5. The van der Waals surface area contributed by atoms with E-state index in [9.17, 15) is 4.79 Å². The van der Waals surface area contributed by atoms with Gasteiger partial charge in [-0.1, -0.05) is 34.1 Å². The Morgan fingerprint density at radius 3 is 2.62 bits per heavy atom. The van der Waals surface area contributed by atoms with Gasteiger partial charge in [0.1, 0.15) is 0 Å². The average Bonchev–Trinajstić information content (AvgIpc) is 2.50. The molecular formula is C16H23BrN2O2. The molecule has 4 nitrogen and oxygen atoms in total. The quantitative estimate of drug-likeness (QED) is 0.734. The molecule has 1 amide bonds.